The van der Waals surface area contributed by atoms with Gasteiger partial charge in [0.05, 0.1) is 12.9 Å². The van der Waals surface area contributed by atoms with E-state index in [9.17, 15) is 0 Å². The van der Waals surface area contributed by atoms with Gasteiger partial charge in [-0.25, -0.2) is 0 Å². The van der Waals surface area contributed by atoms with Crippen LogP contribution in [-0.2, 0) is 5.75 Å². The molecular formula is C11H12N2O2S. The maximum Gasteiger partial charge on any atom is 0.236 e. The standard InChI is InChI=1S/C11H12N2O2S/c1-8-12-11(15-13-8)7-16-10-5-3-9(14-2)4-6-10/h3-6H,7H2,1-2H3. The van der Waals surface area contributed by atoms with Crippen molar-refractivity contribution in [1.29, 1.82) is 0 Å². The Morgan fingerprint density at radius 3 is 2.62 bits per heavy atom. The van der Waals surface area contributed by atoms with Crippen LogP contribution < -0.4 is 4.74 Å². The second-order valence-electron chi connectivity index (χ2n) is 3.20. The van der Waals surface area contributed by atoms with E-state index >= 15 is 0 Å². The summed E-state index contributed by atoms with van der Waals surface area (Å²) in [5.41, 5.74) is 0. The first-order valence-electron chi connectivity index (χ1n) is 4.84. The minimum absolute atomic E-state index is 0.651. The number of hydrogen-bond donors (Lipinski definition) is 0. The second-order valence-corrected chi connectivity index (χ2v) is 4.25. The lowest BCUT2D eigenvalue weighted by molar-refractivity contribution is 0.387. The predicted octanol–water partition coefficient (Wildman–Crippen LogP) is 2.68. The van der Waals surface area contributed by atoms with Crippen molar-refractivity contribution in [3.8, 4) is 5.75 Å². The molecule has 0 bridgehead atoms. The zero-order valence-electron chi connectivity index (χ0n) is 9.14. The number of rotatable bonds is 4. The molecule has 84 valence electrons. The molecular weight excluding hydrogens is 224 g/mol. The van der Waals surface area contributed by atoms with Crippen LogP contribution in [0, 0.1) is 6.92 Å². The van der Waals surface area contributed by atoms with Crippen molar-refractivity contribution in [1.82, 2.24) is 10.1 Å². The summed E-state index contributed by atoms with van der Waals surface area (Å²) in [6, 6.07) is 7.88. The number of methoxy groups -OCH3 is 1. The summed E-state index contributed by atoms with van der Waals surface area (Å²) in [4.78, 5) is 5.29. The molecule has 2 rings (SSSR count). The number of hydrogen-bond acceptors (Lipinski definition) is 5. The van der Waals surface area contributed by atoms with Crippen molar-refractivity contribution < 1.29 is 9.26 Å². The molecule has 0 fully saturated rings. The van der Waals surface area contributed by atoms with Crippen molar-refractivity contribution in [2.45, 2.75) is 17.6 Å². The molecule has 0 radical (unpaired) electrons. The molecule has 0 N–H and O–H groups in total. The third-order valence-electron chi connectivity index (χ3n) is 1.99. The van der Waals surface area contributed by atoms with Crippen LogP contribution in [-0.4, -0.2) is 17.3 Å². The van der Waals surface area contributed by atoms with Gasteiger partial charge in [0, 0.05) is 4.90 Å². The molecule has 0 aliphatic carbocycles. The second kappa shape index (κ2) is 5.03. The molecule has 0 aliphatic rings. The molecule has 0 saturated carbocycles. The quantitative estimate of drug-likeness (QED) is 0.764. The third kappa shape index (κ3) is 2.76. The molecule has 4 nitrogen and oxygen atoms in total. The number of nitrogens with zero attached hydrogens (tertiary/aromatic N) is 2. The summed E-state index contributed by atoms with van der Waals surface area (Å²) in [5.74, 6) is 2.87. The summed E-state index contributed by atoms with van der Waals surface area (Å²) in [7, 11) is 1.66. The van der Waals surface area contributed by atoms with Crippen molar-refractivity contribution in [3.63, 3.8) is 0 Å². The van der Waals surface area contributed by atoms with Gasteiger partial charge in [-0.15, -0.1) is 11.8 Å². The molecule has 0 amide bonds. The Labute approximate surface area is 98.0 Å². The highest BCUT2D eigenvalue weighted by molar-refractivity contribution is 7.98. The van der Waals surface area contributed by atoms with Gasteiger partial charge in [0.1, 0.15) is 5.75 Å². The van der Waals surface area contributed by atoms with E-state index in [1.165, 1.54) is 0 Å². The Morgan fingerprint density at radius 2 is 2.06 bits per heavy atom. The van der Waals surface area contributed by atoms with E-state index in [0.29, 0.717) is 17.5 Å². The average Bonchev–Trinajstić information content (AvgIpc) is 2.73. The van der Waals surface area contributed by atoms with E-state index in [4.69, 9.17) is 9.26 Å². The Bertz CT molecular complexity index is 453. The molecule has 2 aromatic rings. The molecule has 16 heavy (non-hydrogen) atoms. The zero-order valence-corrected chi connectivity index (χ0v) is 9.95. The Hall–Kier alpha value is -1.49. The zero-order chi connectivity index (χ0) is 11.4. The van der Waals surface area contributed by atoms with E-state index in [2.05, 4.69) is 10.1 Å². The molecule has 1 aromatic heterocycles. The molecule has 0 unspecified atom stereocenters. The Balaban J connectivity index is 1.94. The van der Waals surface area contributed by atoms with E-state index in [1.54, 1.807) is 18.9 Å². The lowest BCUT2D eigenvalue weighted by Crippen LogP contribution is -1.83. The smallest absolute Gasteiger partial charge is 0.236 e. The first-order chi connectivity index (χ1) is 7.78. The van der Waals surface area contributed by atoms with E-state index < -0.39 is 0 Å². The van der Waals surface area contributed by atoms with Gasteiger partial charge in [0.25, 0.3) is 0 Å². The topological polar surface area (TPSA) is 48.2 Å². The number of benzene rings is 1. The predicted molar refractivity (Wildman–Crippen MR) is 61.6 cm³/mol. The van der Waals surface area contributed by atoms with E-state index in [1.807, 2.05) is 31.2 Å². The van der Waals surface area contributed by atoms with E-state index in [-0.39, 0.29) is 0 Å². The number of ether oxygens (including phenoxy) is 1. The summed E-state index contributed by atoms with van der Waals surface area (Å²) in [6.45, 7) is 1.81. The van der Waals surface area contributed by atoms with Crippen LogP contribution in [0.1, 0.15) is 11.7 Å². The lowest BCUT2D eigenvalue weighted by atomic mass is 10.3. The highest BCUT2D eigenvalue weighted by Crippen LogP contribution is 2.24. The molecule has 5 heteroatoms. The summed E-state index contributed by atoms with van der Waals surface area (Å²) in [5, 5.41) is 3.74. The van der Waals surface area contributed by atoms with Crippen LogP contribution in [0.15, 0.2) is 33.7 Å². The van der Waals surface area contributed by atoms with Gasteiger partial charge in [0.15, 0.2) is 5.82 Å². The summed E-state index contributed by atoms with van der Waals surface area (Å²) < 4.78 is 10.1. The molecule has 0 aliphatic heterocycles. The van der Waals surface area contributed by atoms with Crippen molar-refractivity contribution in [2.75, 3.05) is 7.11 Å². The highest BCUT2D eigenvalue weighted by atomic mass is 32.2. The number of aromatic nitrogens is 2. The van der Waals surface area contributed by atoms with Gasteiger partial charge in [0.2, 0.25) is 5.89 Å². The maximum absolute atomic E-state index is 5.09. The molecule has 0 spiro atoms. The normalized spacial score (nSPS) is 10.4. The minimum Gasteiger partial charge on any atom is -0.497 e. The molecule has 1 aromatic carbocycles. The van der Waals surface area contributed by atoms with Crippen LogP contribution in [0.25, 0.3) is 0 Å². The lowest BCUT2D eigenvalue weighted by Gasteiger charge is -2.01. The van der Waals surface area contributed by atoms with Gasteiger partial charge in [-0.2, -0.15) is 4.98 Å². The number of thioether (sulfide) groups is 1. The largest absolute Gasteiger partial charge is 0.497 e. The first kappa shape index (κ1) is 11.0. The minimum atomic E-state index is 0.651. The van der Waals surface area contributed by atoms with Crippen LogP contribution in [0.4, 0.5) is 0 Å². The van der Waals surface area contributed by atoms with Gasteiger partial charge < -0.3 is 9.26 Å². The Kier molecular flexibility index (Phi) is 3.46. The average molecular weight is 236 g/mol. The molecule has 1 heterocycles. The monoisotopic (exact) mass is 236 g/mol. The van der Waals surface area contributed by atoms with Crippen LogP contribution in [0.2, 0.25) is 0 Å². The van der Waals surface area contributed by atoms with Crippen molar-refractivity contribution in [3.05, 3.63) is 36.0 Å². The fraction of sp³-hybridized carbons (Fsp3) is 0.273. The summed E-state index contributed by atoms with van der Waals surface area (Å²) >= 11 is 1.65. The van der Waals surface area contributed by atoms with Gasteiger partial charge in [-0.1, -0.05) is 5.16 Å². The number of aryl methyl sites for hydroxylation is 1. The third-order valence-corrected chi connectivity index (χ3v) is 2.99. The van der Waals surface area contributed by atoms with Gasteiger partial charge >= 0.3 is 0 Å². The fourth-order valence-corrected chi connectivity index (χ4v) is 1.95. The molecule has 0 saturated heterocycles. The van der Waals surface area contributed by atoms with Crippen LogP contribution >= 0.6 is 11.8 Å². The highest BCUT2D eigenvalue weighted by Gasteiger charge is 2.03. The SMILES string of the molecule is COc1ccc(SCc2nc(C)no2)cc1. The summed E-state index contributed by atoms with van der Waals surface area (Å²) in [6.07, 6.45) is 0. The first-order valence-corrected chi connectivity index (χ1v) is 5.82. The van der Waals surface area contributed by atoms with Crippen LogP contribution in [0.5, 0.6) is 5.75 Å². The van der Waals surface area contributed by atoms with Crippen molar-refractivity contribution >= 4 is 11.8 Å². The van der Waals surface area contributed by atoms with Gasteiger partial charge in [-0.05, 0) is 31.2 Å². The van der Waals surface area contributed by atoms with E-state index in [0.717, 1.165) is 10.6 Å². The van der Waals surface area contributed by atoms with Gasteiger partial charge in [-0.3, -0.25) is 0 Å². The fourth-order valence-electron chi connectivity index (χ4n) is 1.22. The maximum atomic E-state index is 5.09. The Morgan fingerprint density at radius 1 is 1.31 bits per heavy atom. The van der Waals surface area contributed by atoms with Crippen molar-refractivity contribution in [2.24, 2.45) is 0 Å². The van der Waals surface area contributed by atoms with Crippen LogP contribution in [0.3, 0.4) is 0 Å². The molecule has 0 atom stereocenters.